The van der Waals surface area contributed by atoms with Gasteiger partial charge in [-0.1, -0.05) is 12.1 Å². The van der Waals surface area contributed by atoms with Crippen molar-refractivity contribution in [1.82, 2.24) is 4.90 Å². The molecule has 0 amide bonds. The van der Waals surface area contributed by atoms with Gasteiger partial charge >= 0.3 is 5.97 Å². The second-order valence-corrected chi connectivity index (χ2v) is 5.60. The SMILES string of the molecule is CN(CC(=O)O)Cc1ccc2c(c1)CCCS2. The van der Waals surface area contributed by atoms with Crippen LogP contribution in [0.5, 0.6) is 0 Å². The van der Waals surface area contributed by atoms with Crippen LogP contribution in [0.1, 0.15) is 17.5 Å². The maximum Gasteiger partial charge on any atom is 0.317 e. The summed E-state index contributed by atoms with van der Waals surface area (Å²) in [5, 5.41) is 8.71. The molecule has 0 unspecified atom stereocenters. The topological polar surface area (TPSA) is 40.5 Å². The summed E-state index contributed by atoms with van der Waals surface area (Å²) in [5.41, 5.74) is 2.62. The number of nitrogens with zero attached hydrogens (tertiary/aromatic N) is 1. The number of carboxylic acids is 1. The molecule has 4 heteroatoms. The van der Waals surface area contributed by atoms with Crippen LogP contribution in [0.2, 0.25) is 0 Å². The number of aryl methyl sites for hydroxylation is 1. The summed E-state index contributed by atoms with van der Waals surface area (Å²) in [4.78, 5) is 13.8. The molecule has 0 bridgehead atoms. The minimum Gasteiger partial charge on any atom is -0.480 e. The molecule has 92 valence electrons. The molecule has 0 aromatic heterocycles. The quantitative estimate of drug-likeness (QED) is 0.891. The van der Waals surface area contributed by atoms with Crippen molar-refractivity contribution in [3.05, 3.63) is 29.3 Å². The molecule has 2 rings (SSSR count). The van der Waals surface area contributed by atoms with Crippen LogP contribution in [-0.4, -0.2) is 35.3 Å². The van der Waals surface area contributed by atoms with E-state index in [0.29, 0.717) is 6.54 Å². The van der Waals surface area contributed by atoms with Crippen LogP contribution in [0.3, 0.4) is 0 Å². The van der Waals surface area contributed by atoms with Gasteiger partial charge in [0.2, 0.25) is 0 Å². The molecular weight excluding hydrogens is 234 g/mol. The molecule has 0 fully saturated rings. The van der Waals surface area contributed by atoms with Crippen LogP contribution in [0, 0.1) is 0 Å². The summed E-state index contributed by atoms with van der Waals surface area (Å²) in [7, 11) is 1.84. The van der Waals surface area contributed by atoms with Crippen molar-refractivity contribution in [2.45, 2.75) is 24.3 Å². The lowest BCUT2D eigenvalue weighted by Gasteiger charge is -2.18. The van der Waals surface area contributed by atoms with E-state index in [1.807, 2.05) is 23.7 Å². The van der Waals surface area contributed by atoms with Crippen molar-refractivity contribution in [2.24, 2.45) is 0 Å². The molecule has 3 nitrogen and oxygen atoms in total. The van der Waals surface area contributed by atoms with Crippen molar-refractivity contribution in [1.29, 1.82) is 0 Å². The number of benzene rings is 1. The third kappa shape index (κ3) is 3.48. The van der Waals surface area contributed by atoms with Gasteiger partial charge in [-0.2, -0.15) is 0 Å². The second kappa shape index (κ2) is 5.56. The van der Waals surface area contributed by atoms with Gasteiger partial charge in [-0.05, 0) is 42.8 Å². The van der Waals surface area contributed by atoms with E-state index in [-0.39, 0.29) is 6.54 Å². The van der Waals surface area contributed by atoms with Gasteiger partial charge in [-0.25, -0.2) is 0 Å². The number of aliphatic carboxylic acids is 1. The van der Waals surface area contributed by atoms with E-state index in [2.05, 4.69) is 18.2 Å². The Morgan fingerprint density at radius 3 is 3.12 bits per heavy atom. The van der Waals surface area contributed by atoms with Gasteiger partial charge in [0.15, 0.2) is 0 Å². The van der Waals surface area contributed by atoms with E-state index in [9.17, 15) is 4.79 Å². The van der Waals surface area contributed by atoms with Crippen LogP contribution in [0.25, 0.3) is 0 Å². The summed E-state index contributed by atoms with van der Waals surface area (Å²) in [6.07, 6.45) is 2.39. The highest BCUT2D eigenvalue weighted by atomic mass is 32.2. The molecule has 0 saturated carbocycles. The van der Waals surface area contributed by atoms with E-state index in [0.717, 1.165) is 6.42 Å². The van der Waals surface area contributed by atoms with Crippen LogP contribution >= 0.6 is 11.8 Å². The zero-order chi connectivity index (χ0) is 12.3. The number of fused-ring (bicyclic) bond motifs is 1. The largest absolute Gasteiger partial charge is 0.480 e. The number of carboxylic acid groups (broad SMARTS) is 1. The van der Waals surface area contributed by atoms with E-state index in [1.54, 1.807) is 0 Å². The highest BCUT2D eigenvalue weighted by Gasteiger charge is 2.11. The van der Waals surface area contributed by atoms with E-state index >= 15 is 0 Å². The molecular formula is C13H17NO2S. The number of hydrogen-bond donors (Lipinski definition) is 1. The first kappa shape index (κ1) is 12.5. The van der Waals surface area contributed by atoms with Crippen molar-refractivity contribution >= 4 is 17.7 Å². The lowest BCUT2D eigenvalue weighted by Crippen LogP contribution is -2.25. The first-order chi connectivity index (χ1) is 8.15. The van der Waals surface area contributed by atoms with E-state index < -0.39 is 5.97 Å². The Morgan fingerprint density at radius 2 is 2.35 bits per heavy atom. The van der Waals surface area contributed by atoms with E-state index in [1.165, 1.54) is 28.2 Å². The average molecular weight is 251 g/mol. The molecule has 1 aliphatic rings. The predicted octanol–water partition coefficient (Wildman–Crippen LogP) is 2.24. The second-order valence-electron chi connectivity index (χ2n) is 4.46. The molecule has 1 heterocycles. The Morgan fingerprint density at radius 1 is 1.53 bits per heavy atom. The molecule has 17 heavy (non-hydrogen) atoms. The van der Waals surface area contributed by atoms with Crippen molar-refractivity contribution in [3.63, 3.8) is 0 Å². The monoisotopic (exact) mass is 251 g/mol. The number of thioether (sulfide) groups is 1. The zero-order valence-electron chi connectivity index (χ0n) is 9.98. The van der Waals surface area contributed by atoms with Gasteiger partial charge in [0.25, 0.3) is 0 Å². The van der Waals surface area contributed by atoms with Gasteiger partial charge in [-0.15, -0.1) is 11.8 Å². The van der Waals surface area contributed by atoms with Gasteiger partial charge in [0, 0.05) is 11.4 Å². The summed E-state index contributed by atoms with van der Waals surface area (Å²) < 4.78 is 0. The fourth-order valence-corrected chi connectivity index (χ4v) is 3.13. The number of carbonyl (C=O) groups is 1. The highest BCUT2D eigenvalue weighted by Crippen LogP contribution is 2.30. The minimum atomic E-state index is -0.777. The summed E-state index contributed by atoms with van der Waals surface area (Å²) in [5.74, 6) is 0.437. The molecule has 0 aliphatic carbocycles. The average Bonchev–Trinajstić information content (AvgIpc) is 2.27. The Bertz CT molecular complexity index is 420. The summed E-state index contributed by atoms with van der Waals surface area (Å²) in [6.45, 7) is 0.788. The van der Waals surface area contributed by atoms with Crippen molar-refractivity contribution in [2.75, 3.05) is 19.3 Å². The normalized spacial score (nSPS) is 14.7. The lowest BCUT2D eigenvalue weighted by atomic mass is 10.1. The predicted molar refractivity (Wildman–Crippen MR) is 69.5 cm³/mol. The Kier molecular flexibility index (Phi) is 4.07. The summed E-state index contributed by atoms with van der Waals surface area (Å²) in [6, 6.07) is 6.50. The van der Waals surface area contributed by atoms with Crippen molar-refractivity contribution < 1.29 is 9.90 Å². The van der Waals surface area contributed by atoms with Crippen LogP contribution in [-0.2, 0) is 17.8 Å². The summed E-state index contributed by atoms with van der Waals surface area (Å²) >= 11 is 1.92. The van der Waals surface area contributed by atoms with Crippen LogP contribution in [0.4, 0.5) is 0 Å². The van der Waals surface area contributed by atoms with Gasteiger partial charge in [0.05, 0.1) is 6.54 Å². The molecule has 0 saturated heterocycles. The fourth-order valence-electron chi connectivity index (χ4n) is 2.11. The Hall–Kier alpha value is -1.00. The number of rotatable bonds is 4. The molecule has 0 atom stereocenters. The maximum absolute atomic E-state index is 10.6. The first-order valence-electron chi connectivity index (χ1n) is 5.80. The smallest absolute Gasteiger partial charge is 0.317 e. The molecule has 0 spiro atoms. The van der Waals surface area contributed by atoms with Gasteiger partial charge in [0.1, 0.15) is 0 Å². The minimum absolute atomic E-state index is 0.0891. The third-order valence-corrected chi connectivity index (χ3v) is 4.03. The zero-order valence-corrected chi connectivity index (χ0v) is 10.8. The highest BCUT2D eigenvalue weighted by molar-refractivity contribution is 7.99. The number of likely N-dealkylation sites (N-methyl/N-ethyl adjacent to an activating group) is 1. The van der Waals surface area contributed by atoms with Crippen LogP contribution < -0.4 is 0 Å². The van der Waals surface area contributed by atoms with Gasteiger partial charge < -0.3 is 5.11 Å². The molecule has 1 N–H and O–H groups in total. The molecule has 1 aliphatic heterocycles. The third-order valence-electron chi connectivity index (χ3n) is 2.83. The Labute approximate surface area is 106 Å². The lowest BCUT2D eigenvalue weighted by molar-refractivity contribution is -0.138. The Balaban J connectivity index is 2.04. The van der Waals surface area contributed by atoms with Gasteiger partial charge in [-0.3, -0.25) is 9.69 Å². The van der Waals surface area contributed by atoms with E-state index in [4.69, 9.17) is 5.11 Å². The standard InChI is InChI=1S/C13H17NO2S/c1-14(9-13(15)16)8-10-4-5-12-11(7-10)3-2-6-17-12/h4-5,7H,2-3,6,8-9H2,1H3,(H,15,16). The molecule has 0 radical (unpaired) electrons. The first-order valence-corrected chi connectivity index (χ1v) is 6.78. The van der Waals surface area contributed by atoms with Crippen molar-refractivity contribution in [3.8, 4) is 0 Å². The fraction of sp³-hybridized carbons (Fsp3) is 0.462. The maximum atomic E-state index is 10.6. The number of hydrogen-bond acceptors (Lipinski definition) is 3. The molecule has 1 aromatic carbocycles. The van der Waals surface area contributed by atoms with Crippen LogP contribution in [0.15, 0.2) is 23.1 Å². The molecule has 1 aromatic rings.